The molecule has 1 N–H and O–H groups in total. The fourth-order valence-corrected chi connectivity index (χ4v) is 4.27. The Kier molecular flexibility index (Phi) is 5.95. The molecule has 1 aromatic heterocycles. The number of furan rings is 1. The molecule has 0 atom stereocenters. The number of thioether (sulfide) groups is 1. The van der Waals surface area contributed by atoms with Gasteiger partial charge < -0.3 is 9.73 Å². The predicted octanol–water partition coefficient (Wildman–Crippen LogP) is 4.44. The Morgan fingerprint density at radius 1 is 1.13 bits per heavy atom. The van der Waals surface area contributed by atoms with Gasteiger partial charge in [0.2, 0.25) is 5.91 Å². The van der Waals surface area contributed by atoms with Crippen LogP contribution in [0.15, 0.2) is 58.1 Å². The lowest BCUT2D eigenvalue weighted by Crippen LogP contribution is -2.37. The second kappa shape index (κ2) is 8.81. The van der Waals surface area contributed by atoms with Crippen molar-refractivity contribution in [2.24, 2.45) is 0 Å². The van der Waals surface area contributed by atoms with E-state index in [0.29, 0.717) is 4.91 Å². The molecule has 0 radical (unpaired) electrons. The topological polar surface area (TPSA) is 79.6 Å². The number of hydrogen-bond donors (Lipinski definition) is 1. The fourth-order valence-electron chi connectivity index (χ4n) is 3.41. The number of nitrogens with one attached hydrogen (secondary N) is 1. The van der Waals surface area contributed by atoms with E-state index in [4.69, 9.17) is 4.42 Å². The van der Waals surface area contributed by atoms with E-state index < -0.39 is 0 Å². The highest BCUT2D eigenvalue weighted by Gasteiger charge is 2.34. The first-order chi connectivity index (χ1) is 14.9. The van der Waals surface area contributed by atoms with Crippen LogP contribution < -0.4 is 5.32 Å². The van der Waals surface area contributed by atoms with Gasteiger partial charge in [-0.2, -0.15) is 0 Å². The third-order valence-corrected chi connectivity index (χ3v) is 6.16. The number of amides is 3. The van der Waals surface area contributed by atoms with E-state index in [2.05, 4.69) is 5.32 Å². The molecule has 0 saturated carbocycles. The fraction of sp³-hybridized carbons (Fsp3) is 0.208. The number of carbonyl (C=O) groups is 3. The van der Waals surface area contributed by atoms with Gasteiger partial charge in [0.05, 0.1) is 17.6 Å². The summed E-state index contributed by atoms with van der Waals surface area (Å²) in [6, 6.07) is 13.4. The summed E-state index contributed by atoms with van der Waals surface area (Å²) >= 11 is 0.917. The van der Waals surface area contributed by atoms with Crippen LogP contribution in [-0.2, 0) is 16.0 Å². The first kappa shape index (κ1) is 20.9. The van der Waals surface area contributed by atoms with E-state index in [0.717, 1.165) is 45.0 Å². The van der Waals surface area contributed by atoms with Gasteiger partial charge in [0, 0.05) is 24.0 Å². The summed E-state index contributed by atoms with van der Waals surface area (Å²) in [5, 5.41) is 3.39. The number of benzene rings is 2. The van der Waals surface area contributed by atoms with Gasteiger partial charge in [-0.05, 0) is 60.5 Å². The molecule has 2 aromatic carbocycles. The van der Waals surface area contributed by atoms with Crippen molar-refractivity contribution in [3.8, 4) is 0 Å². The van der Waals surface area contributed by atoms with Crippen molar-refractivity contribution in [2.45, 2.75) is 20.3 Å². The minimum Gasteiger partial charge on any atom is -0.464 e. The van der Waals surface area contributed by atoms with Crippen molar-refractivity contribution >= 4 is 45.9 Å². The molecule has 158 valence electrons. The van der Waals surface area contributed by atoms with E-state index in [-0.39, 0.29) is 36.6 Å². The molecule has 3 aromatic rings. The van der Waals surface area contributed by atoms with Crippen molar-refractivity contribution in [3.05, 3.63) is 75.9 Å². The summed E-state index contributed by atoms with van der Waals surface area (Å²) < 4.78 is 5.57. The molecule has 2 heterocycles. The summed E-state index contributed by atoms with van der Waals surface area (Å²) in [6.07, 6.45) is 3.48. The van der Waals surface area contributed by atoms with E-state index in [1.807, 2.05) is 56.3 Å². The average Bonchev–Trinajstić information content (AvgIpc) is 3.24. The summed E-state index contributed by atoms with van der Waals surface area (Å²) in [4.78, 5) is 38.7. The third-order valence-electron chi connectivity index (χ3n) is 5.25. The van der Waals surface area contributed by atoms with Crippen LogP contribution in [0.4, 0.5) is 4.79 Å². The Labute approximate surface area is 184 Å². The van der Waals surface area contributed by atoms with Gasteiger partial charge in [-0.1, -0.05) is 30.3 Å². The molecule has 4 rings (SSSR count). The number of aryl methyl sites for hydroxylation is 2. The van der Waals surface area contributed by atoms with Gasteiger partial charge in [0.25, 0.3) is 11.1 Å². The molecule has 0 aliphatic carbocycles. The Morgan fingerprint density at radius 3 is 2.65 bits per heavy atom. The largest absolute Gasteiger partial charge is 0.464 e. The zero-order chi connectivity index (χ0) is 22.0. The maximum absolute atomic E-state index is 12.5. The van der Waals surface area contributed by atoms with Crippen LogP contribution in [0, 0.1) is 13.8 Å². The Bertz CT molecular complexity index is 1200. The van der Waals surface area contributed by atoms with E-state index in [1.54, 1.807) is 12.3 Å². The molecule has 1 aliphatic rings. The molecule has 0 unspecified atom stereocenters. The van der Waals surface area contributed by atoms with Gasteiger partial charge in [-0.15, -0.1) is 0 Å². The summed E-state index contributed by atoms with van der Waals surface area (Å²) in [5.41, 5.74) is 4.70. The van der Waals surface area contributed by atoms with Crippen molar-refractivity contribution in [3.63, 3.8) is 0 Å². The van der Waals surface area contributed by atoms with Gasteiger partial charge in [-0.25, -0.2) is 0 Å². The third kappa shape index (κ3) is 4.56. The number of imide groups is 1. The minimum absolute atomic E-state index is 0.132. The Hall–Kier alpha value is -3.32. The lowest BCUT2D eigenvalue weighted by Gasteiger charge is -2.12. The predicted molar refractivity (Wildman–Crippen MR) is 122 cm³/mol. The van der Waals surface area contributed by atoms with Crippen molar-refractivity contribution in [1.82, 2.24) is 10.2 Å². The maximum Gasteiger partial charge on any atom is 0.293 e. The minimum atomic E-state index is -0.334. The Morgan fingerprint density at radius 2 is 1.87 bits per heavy atom. The summed E-state index contributed by atoms with van der Waals surface area (Å²) in [5.74, 6) is -0.521. The van der Waals surface area contributed by atoms with Gasteiger partial charge >= 0.3 is 0 Å². The van der Waals surface area contributed by atoms with E-state index in [1.165, 1.54) is 4.90 Å². The molecule has 6 nitrogen and oxygen atoms in total. The van der Waals surface area contributed by atoms with Gasteiger partial charge in [0.1, 0.15) is 5.58 Å². The molecular formula is C24H22N2O4S. The maximum atomic E-state index is 12.5. The summed E-state index contributed by atoms with van der Waals surface area (Å²) in [7, 11) is 0. The molecular weight excluding hydrogens is 412 g/mol. The average molecular weight is 435 g/mol. The van der Waals surface area contributed by atoms with Crippen LogP contribution in [0.5, 0.6) is 0 Å². The number of rotatable bonds is 6. The molecule has 7 heteroatoms. The van der Waals surface area contributed by atoms with Gasteiger partial charge in [0.15, 0.2) is 0 Å². The molecule has 0 spiro atoms. The van der Waals surface area contributed by atoms with Crippen LogP contribution in [0.3, 0.4) is 0 Å². The lowest BCUT2D eigenvalue weighted by molar-refractivity contribution is -0.124. The van der Waals surface area contributed by atoms with Crippen LogP contribution >= 0.6 is 11.8 Å². The monoisotopic (exact) mass is 434 g/mol. The number of nitrogens with zero attached hydrogens (tertiary/aromatic N) is 1. The number of carbonyl (C=O) groups excluding carboxylic acids is 3. The SMILES string of the molecule is Cc1cc2occ(CC(=O)NCCN3C(=O)S/C(=C/c4ccccc4)C3=O)c2cc1C. The first-order valence-electron chi connectivity index (χ1n) is 9.97. The number of hydrogen-bond acceptors (Lipinski definition) is 5. The van der Waals surface area contributed by atoms with Crippen molar-refractivity contribution in [1.29, 1.82) is 0 Å². The van der Waals surface area contributed by atoms with Crippen LogP contribution in [0.25, 0.3) is 17.0 Å². The molecule has 1 fully saturated rings. The summed E-state index contributed by atoms with van der Waals surface area (Å²) in [6.45, 7) is 4.37. The molecule has 0 bridgehead atoms. The van der Waals surface area contributed by atoms with E-state index in [9.17, 15) is 14.4 Å². The van der Waals surface area contributed by atoms with Gasteiger partial charge in [-0.3, -0.25) is 19.3 Å². The zero-order valence-electron chi connectivity index (χ0n) is 17.3. The normalized spacial score (nSPS) is 15.3. The second-order valence-electron chi connectivity index (χ2n) is 7.46. The molecule has 1 aliphatic heterocycles. The van der Waals surface area contributed by atoms with Crippen molar-refractivity contribution in [2.75, 3.05) is 13.1 Å². The van der Waals surface area contributed by atoms with Crippen LogP contribution in [0.2, 0.25) is 0 Å². The second-order valence-corrected chi connectivity index (χ2v) is 8.46. The molecule has 1 saturated heterocycles. The van der Waals surface area contributed by atoms with Crippen LogP contribution in [0.1, 0.15) is 22.3 Å². The molecule has 3 amide bonds. The highest BCUT2D eigenvalue weighted by Crippen LogP contribution is 2.31. The highest BCUT2D eigenvalue weighted by atomic mass is 32.2. The number of fused-ring (bicyclic) bond motifs is 1. The zero-order valence-corrected chi connectivity index (χ0v) is 18.1. The lowest BCUT2D eigenvalue weighted by atomic mass is 10.0. The van der Waals surface area contributed by atoms with Crippen molar-refractivity contribution < 1.29 is 18.8 Å². The van der Waals surface area contributed by atoms with E-state index >= 15 is 0 Å². The first-order valence-corrected chi connectivity index (χ1v) is 10.8. The quantitative estimate of drug-likeness (QED) is 0.580. The smallest absolute Gasteiger partial charge is 0.293 e. The molecule has 31 heavy (non-hydrogen) atoms. The Balaban J connectivity index is 1.33. The highest BCUT2D eigenvalue weighted by molar-refractivity contribution is 8.18. The van der Waals surface area contributed by atoms with Crippen LogP contribution in [-0.4, -0.2) is 35.0 Å². The standard InChI is InChI=1S/C24H22N2O4S/c1-15-10-19-18(14-30-20(19)11-16(15)2)13-22(27)25-8-9-26-23(28)21(31-24(26)29)12-17-6-4-3-5-7-17/h3-7,10-12,14H,8-9,13H2,1-2H3,(H,25,27)/b21-12+.